The number of rotatable bonds is 44. The number of methoxy groups -OCH3 is 1. The first-order chi connectivity index (χ1) is 67.7. The van der Waals surface area contributed by atoms with E-state index in [0.29, 0.717) is 28.2 Å². The zero-order valence-electron chi connectivity index (χ0n) is 74.6. The summed E-state index contributed by atoms with van der Waals surface area (Å²) < 4.78 is 220. The Hall–Kier alpha value is -7.97. The van der Waals surface area contributed by atoms with Gasteiger partial charge in [0.2, 0.25) is 5.95 Å². The lowest BCUT2D eigenvalue weighted by molar-refractivity contribution is -0.239. The summed E-state index contributed by atoms with van der Waals surface area (Å²) in [4.78, 5) is 125. The highest BCUT2D eigenvalue weighted by Crippen LogP contribution is 2.54. The number of benzene rings is 3. The van der Waals surface area contributed by atoms with Gasteiger partial charge in [0.05, 0.1) is 109 Å². The average molecular weight is 2190 g/mol. The van der Waals surface area contributed by atoms with Gasteiger partial charge in [0.25, 0.3) is 54.6 Å². The number of fused-ring (bicyclic) bond motifs is 6. The number of aromatic amines is 2. The van der Waals surface area contributed by atoms with E-state index in [-0.39, 0.29) is 103 Å². The van der Waals surface area contributed by atoms with Crippen molar-refractivity contribution in [1.29, 1.82) is 5.26 Å². The number of aliphatic hydroxyl groups is 4. The number of anilines is 3. The number of ether oxygens (including phenoxy) is 7. The van der Waals surface area contributed by atoms with Crippen molar-refractivity contribution in [1.82, 2.24) is 58.1 Å². The number of nitrogens with zero attached hydrogens (tertiary/aromatic N) is 11. The Morgan fingerprint density at radius 3 is 1.73 bits per heavy atom. The number of nitriles is 1. The molecule has 9 aromatic rings. The molecule has 7 fully saturated rings. The number of nitrogens with one attached hydrogen (secondary N) is 2. The van der Waals surface area contributed by atoms with Crippen molar-refractivity contribution >= 4 is 146 Å². The Labute approximate surface area is 811 Å². The number of aryl methyl sites for hydroxylation is 1. The van der Waals surface area contributed by atoms with Crippen LogP contribution in [0.3, 0.4) is 0 Å². The molecule has 0 saturated carbocycles. The van der Waals surface area contributed by atoms with Crippen LogP contribution in [0.2, 0.25) is 18.1 Å². The van der Waals surface area contributed by atoms with Gasteiger partial charge >= 0.3 is 74.4 Å². The van der Waals surface area contributed by atoms with Gasteiger partial charge in [0.1, 0.15) is 84.1 Å². The molecule has 766 valence electrons. The van der Waals surface area contributed by atoms with E-state index >= 15 is 0 Å². The fourth-order valence-electron chi connectivity index (χ4n) is 16.1. The number of phosphoric ester groups is 4. The molecular weight excluding hydrogens is 2090 g/mol. The van der Waals surface area contributed by atoms with Gasteiger partial charge in [0, 0.05) is 88.0 Å². The highest BCUT2D eigenvalue weighted by atomic mass is 31.2. The number of aliphatic hydroxyl groups excluding tert-OH is 4. The molecule has 69 heteroatoms. The Morgan fingerprint density at radius 1 is 0.589 bits per heavy atom. The van der Waals surface area contributed by atoms with Crippen LogP contribution >= 0.6 is 31.3 Å². The van der Waals surface area contributed by atoms with Crippen LogP contribution in [0.5, 0.6) is 11.5 Å². The summed E-state index contributed by atoms with van der Waals surface area (Å²) in [7, 11) is -44.9. The van der Waals surface area contributed by atoms with E-state index in [0.717, 1.165) is 21.8 Å². The molecule has 7 aliphatic rings. The number of aromatic nitrogens is 12. The number of hydrogen-bond donors (Lipinski definition) is 9. The summed E-state index contributed by atoms with van der Waals surface area (Å²) in [5.41, 5.74) is 13.9. The van der Waals surface area contributed by atoms with Gasteiger partial charge in [-0.3, -0.25) is 65.1 Å². The maximum atomic E-state index is 14.9. The van der Waals surface area contributed by atoms with Gasteiger partial charge in [-0.1, -0.05) is 54.6 Å². The van der Waals surface area contributed by atoms with Gasteiger partial charge in [-0.25, -0.2) is 34.1 Å². The summed E-state index contributed by atoms with van der Waals surface area (Å²) in [6.07, 6.45) is -14.5. The van der Waals surface area contributed by atoms with Crippen LogP contribution in [0, 0.1) is 18.3 Å². The maximum Gasteiger partial charge on any atom is 0.479 e. The first-order valence-electron chi connectivity index (χ1n) is 43.5. The largest absolute Gasteiger partial charge is 0.756 e. The second-order valence-corrected chi connectivity index (χ2v) is 56.8. The molecular formula is C72H97N16O41P4Si8-3. The van der Waals surface area contributed by atoms with Gasteiger partial charge in [0.15, 0.2) is 22.6 Å². The fraction of sp³-hybridized carbons (Fsp3) is 0.486. The lowest BCUT2D eigenvalue weighted by Gasteiger charge is -2.46. The predicted octanol–water partition coefficient (Wildman–Crippen LogP) is -3.73. The summed E-state index contributed by atoms with van der Waals surface area (Å²) in [5, 5.41) is 51.0. The predicted molar refractivity (Wildman–Crippen MR) is 488 cm³/mol. The monoisotopic (exact) mass is 2190 g/mol. The molecule has 7 aliphatic heterocycles. The van der Waals surface area contributed by atoms with E-state index in [4.69, 9.17) is 132 Å². The molecule has 0 amide bonds. The maximum absolute atomic E-state index is 14.9. The molecule has 0 spiro atoms. The molecule has 12 N–H and O–H groups in total. The van der Waals surface area contributed by atoms with Crippen LogP contribution in [-0.2, 0) is 129 Å². The third-order valence-electron chi connectivity index (χ3n) is 22.7. The number of hydrogen-bond acceptors (Lipinski definition) is 51. The second kappa shape index (κ2) is 46.4. The SMILES string of the molecule is COc1ccc(C(OC[C@H]2O[C@@H](n3cc(C)c(=O)[nH]c3=O)C[C@H]2OP(=O)([O-])OC[C@H]2O[C@@H](n3cnc4c(=O)[nH]c(N)nc43)C[C@H]2OP(=O)([O-])OC[C@H]2O[C@@H](n3cnc4c(N)ncnc43)C[C@H]2OP(=O)([O-])OC[C@H]2O[C@@H](n3ccc(N)nc3=O)C[C@H]2O)(c2ccccc2)c2ccc(OCCCOP(=O)(OCCC#N)OC[SiH]3O[SiH2]O[SiH]4O[SiH]5O[SiH2]O[SiH](CCO)O[Si](CCO)(O5)O[Si](CCO)(O3)O4)cc2)cc1. The number of nitrogens with two attached hydrogens (primary N) is 3. The van der Waals surface area contributed by atoms with Crippen molar-refractivity contribution in [2.24, 2.45) is 0 Å². The zero-order valence-corrected chi connectivity index (χ0v) is 87.6. The quantitative estimate of drug-likeness (QED) is 0.00767. The molecule has 23 atom stereocenters. The molecule has 57 nitrogen and oxygen atoms in total. The van der Waals surface area contributed by atoms with Crippen molar-refractivity contribution < 1.29 is 168 Å². The van der Waals surface area contributed by atoms with E-state index < -0.39 is 280 Å². The molecule has 13 heterocycles. The van der Waals surface area contributed by atoms with Crippen LogP contribution in [-0.4, -0.2) is 282 Å². The van der Waals surface area contributed by atoms with Crippen LogP contribution in [0.25, 0.3) is 22.3 Å². The summed E-state index contributed by atoms with van der Waals surface area (Å²) >= 11 is 0. The Morgan fingerprint density at radius 2 is 1.13 bits per heavy atom. The second-order valence-electron chi connectivity index (χ2n) is 32.1. The Bertz CT molecular complexity index is 6330. The van der Waals surface area contributed by atoms with Gasteiger partial charge in [-0.05, 0) is 53.9 Å². The topological polar surface area (TPSA) is 757 Å². The third kappa shape index (κ3) is 25.8. The van der Waals surface area contributed by atoms with E-state index in [1.165, 1.54) is 48.0 Å². The summed E-state index contributed by atoms with van der Waals surface area (Å²) in [6.45, 7) is -4.38. The molecule has 3 aromatic carbocycles. The molecule has 0 radical (unpaired) electrons. The fourth-order valence-corrected chi connectivity index (χ4v) is 49.5. The number of imidazole rings is 2. The lowest BCUT2D eigenvalue weighted by Crippen LogP contribution is -2.70. The first kappa shape index (κ1) is 106. The van der Waals surface area contributed by atoms with Crippen LogP contribution in [0.1, 0.15) is 85.7 Å². The first-order valence-corrected chi connectivity index (χ1v) is 61.9. The molecule has 11 unspecified atom stereocenters. The smallest absolute Gasteiger partial charge is 0.479 e. The molecule has 16 rings (SSSR count). The van der Waals surface area contributed by atoms with E-state index in [2.05, 4.69) is 39.9 Å². The highest BCUT2D eigenvalue weighted by Gasteiger charge is 2.62. The number of phosphoric acid groups is 4. The highest BCUT2D eigenvalue weighted by molar-refractivity contribution is 7.48. The Kier molecular flexibility index (Phi) is 34.8. The minimum Gasteiger partial charge on any atom is -0.756 e. The Balaban J connectivity index is 0.614. The van der Waals surface area contributed by atoms with Gasteiger partial charge in [-0.15, -0.1) is 0 Å². The normalized spacial score (nSPS) is 29.0. The zero-order chi connectivity index (χ0) is 99.6. The lowest BCUT2D eigenvalue weighted by atomic mass is 9.80. The number of H-pyrrole nitrogens is 2. The van der Waals surface area contributed by atoms with Crippen LogP contribution in [0.4, 0.5) is 17.6 Å². The van der Waals surface area contributed by atoms with E-state index in [9.17, 15) is 77.8 Å². The van der Waals surface area contributed by atoms with Crippen LogP contribution < -0.4 is 63.9 Å². The summed E-state index contributed by atoms with van der Waals surface area (Å²) in [6, 6.07) is 25.1. The van der Waals surface area contributed by atoms with E-state index in [1.54, 1.807) is 78.9 Å². The minimum atomic E-state index is -5.84. The average Bonchev–Trinajstić information content (AvgIpc) is 1.38. The van der Waals surface area contributed by atoms with E-state index in [1.807, 2.05) is 6.07 Å². The molecule has 0 aliphatic carbocycles. The van der Waals surface area contributed by atoms with Crippen molar-refractivity contribution in [2.75, 3.05) is 96.6 Å². The number of nitrogen functional groups attached to an aromatic ring is 3. The third-order valence-corrected chi connectivity index (χ3v) is 51.2. The van der Waals surface area contributed by atoms with Crippen molar-refractivity contribution in [3.05, 3.63) is 180 Å². The molecule has 4 bridgehead atoms. The van der Waals surface area contributed by atoms with Crippen molar-refractivity contribution in [3.8, 4) is 17.6 Å². The standard InChI is InChI=1S/C72H100N16O41P4Si8/c1-43-34-86(71(96)84-67(43)93)59-31-50(117-131(99,100)110-38-56-52(33-61(116-56)88-41-80-63-66(88)82-69(76)83-68(63)94)119-132(101,102)111-37-55-51(32-60(115-55)87-40-79-62-64(75)77-39-78-65(62)87)118-130(97,98)109-36-53-49(92)30-58(113-53)85-20-18-57(74)81-70(85)95)54(114-59)35-106-72(44-8-4-3-5-9-44,45-10-14-47(104-2)15-11-45)46-12-16-48(17-13-46)105-24-7-26-108-133(103,107-25-6-19-73)112-42-137-121-135-123-139-124-138-122-134-120-136(27-21-89)125-140(127-138,28-22-90)129-141(126-137,128-139)29-23-91/h3-5,8-18,20,34,39-41,49-56,58-61,89-92,136-139H,6-7,21-33,35-38,42,134-135H2,1-2H3,(H,97,98)(H,99,100)(H,101,102)(H2,74,81,95)(H2,75,77,78)(H,84,93,96)(H3,76,82,83,94)/p-3/t49-,50-,51-,52-,53-,54-,55-,56-,58-,59-,60-,61-,72?,133?,136?,137?,138?,139?,140?,141?/m1/s1. The molecule has 141 heavy (non-hydrogen) atoms. The van der Waals surface area contributed by atoms with Crippen molar-refractivity contribution in [3.63, 3.8) is 0 Å². The minimum absolute atomic E-state index is 0.0443. The van der Waals surface area contributed by atoms with Crippen molar-refractivity contribution in [2.45, 2.75) is 143 Å². The van der Waals surface area contributed by atoms with Crippen LogP contribution in [0.15, 0.2) is 135 Å². The van der Waals surface area contributed by atoms with Gasteiger partial charge < -0.3 is 154 Å². The summed E-state index contributed by atoms with van der Waals surface area (Å²) in [5.74, 6) is 0.219. The molecule has 6 aromatic heterocycles. The molecule has 7 saturated heterocycles. The van der Waals surface area contributed by atoms with Gasteiger partial charge in [-0.2, -0.15) is 15.2 Å².